The van der Waals surface area contributed by atoms with Crippen molar-refractivity contribution in [1.29, 1.82) is 0 Å². The Kier molecular flexibility index (Phi) is 4.06. The highest BCUT2D eigenvalue weighted by Gasteiger charge is 2.31. The molecule has 0 radical (unpaired) electrons. The van der Waals surface area contributed by atoms with E-state index in [2.05, 4.69) is 36.5 Å². The molecular formula is C17H24N2O. The molecule has 0 spiro atoms. The zero-order valence-corrected chi connectivity index (χ0v) is 12.3. The van der Waals surface area contributed by atoms with Crippen LogP contribution >= 0.6 is 0 Å². The van der Waals surface area contributed by atoms with Crippen LogP contribution in [-0.2, 0) is 4.79 Å². The summed E-state index contributed by atoms with van der Waals surface area (Å²) >= 11 is 0. The molecule has 2 aliphatic rings. The van der Waals surface area contributed by atoms with Gasteiger partial charge in [0.15, 0.2) is 0 Å². The van der Waals surface area contributed by atoms with E-state index in [-0.39, 0.29) is 5.91 Å². The molecule has 1 amide bonds. The number of aryl methyl sites for hydroxylation is 1. The fourth-order valence-corrected chi connectivity index (χ4v) is 3.39. The van der Waals surface area contributed by atoms with Crippen molar-refractivity contribution >= 4 is 5.91 Å². The number of hydrogen-bond donors (Lipinski definition) is 1. The minimum Gasteiger partial charge on any atom is -0.342 e. The summed E-state index contributed by atoms with van der Waals surface area (Å²) in [6.07, 6.45) is 4.67. The number of hydrogen-bond acceptors (Lipinski definition) is 2. The third-order valence-corrected chi connectivity index (χ3v) is 4.77. The van der Waals surface area contributed by atoms with E-state index in [4.69, 9.17) is 0 Å². The molecule has 108 valence electrons. The quantitative estimate of drug-likeness (QED) is 0.913. The van der Waals surface area contributed by atoms with Gasteiger partial charge in [0, 0.05) is 19.1 Å². The van der Waals surface area contributed by atoms with Gasteiger partial charge in [-0.1, -0.05) is 24.3 Å². The van der Waals surface area contributed by atoms with Gasteiger partial charge in [0.25, 0.3) is 0 Å². The Bertz CT molecular complexity index is 474. The number of carbonyl (C=O) groups excluding carboxylic acids is 1. The van der Waals surface area contributed by atoms with Crippen LogP contribution in [0.3, 0.4) is 0 Å². The molecule has 1 N–H and O–H groups in total. The van der Waals surface area contributed by atoms with Crippen molar-refractivity contribution in [3.63, 3.8) is 0 Å². The first kappa shape index (κ1) is 13.6. The lowest BCUT2D eigenvalue weighted by Crippen LogP contribution is -2.45. The zero-order valence-electron chi connectivity index (χ0n) is 12.3. The van der Waals surface area contributed by atoms with Gasteiger partial charge < -0.3 is 10.2 Å². The molecule has 1 heterocycles. The topological polar surface area (TPSA) is 32.3 Å². The van der Waals surface area contributed by atoms with Crippen LogP contribution in [0.15, 0.2) is 24.3 Å². The van der Waals surface area contributed by atoms with Gasteiger partial charge in [-0.25, -0.2) is 0 Å². The second-order valence-electron chi connectivity index (χ2n) is 6.19. The molecule has 0 unspecified atom stereocenters. The van der Waals surface area contributed by atoms with Crippen LogP contribution in [0.1, 0.15) is 42.7 Å². The molecule has 1 aliphatic carbocycles. The number of amides is 1. The monoisotopic (exact) mass is 272 g/mol. The predicted octanol–water partition coefficient (Wildman–Crippen LogP) is 2.45. The summed E-state index contributed by atoms with van der Waals surface area (Å²) in [6, 6.07) is 9.17. The number of nitrogens with zero attached hydrogens (tertiary/aromatic N) is 1. The largest absolute Gasteiger partial charge is 0.342 e. The first-order valence-electron chi connectivity index (χ1n) is 7.80. The van der Waals surface area contributed by atoms with E-state index < -0.39 is 0 Å². The molecule has 1 aromatic rings. The van der Waals surface area contributed by atoms with Crippen LogP contribution in [0.2, 0.25) is 0 Å². The van der Waals surface area contributed by atoms with Crippen molar-refractivity contribution in [3.8, 4) is 0 Å². The first-order chi connectivity index (χ1) is 9.74. The standard InChI is InChI=1S/C17H24N2O/c1-13-6-2-3-7-16(13)14-10-15(11-14)18-12-17(20)19-8-4-5-9-19/h2-3,6-7,14-15,18H,4-5,8-12H2,1H3. The molecule has 0 atom stereocenters. The molecule has 1 saturated carbocycles. The molecule has 0 bridgehead atoms. The third kappa shape index (κ3) is 2.88. The molecule has 20 heavy (non-hydrogen) atoms. The maximum atomic E-state index is 12.0. The Morgan fingerprint density at radius 2 is 1.95 bits per heavy atom. The highest BCUT2D eigenvalue weighted by atomic mass is 16.2. The number of rotatable bonds is 4. The van der Waals surface area contributed by atoms with Crippen LogP contribution in [0, 0.1) is 6.92 Å². The van der Waals surface area contributed by atoms with E-state index >= 15 is 0 Å². The second-order valence-corrected chi connectivity index (χ2v) is 6.19. The second kappa shape index (κ2) is 5.96. The van der Waals surface area contributed by atoms with Gasteiger partial charge >= 0.3 is 0 Å². The van der Waals surface area contributed by atoms with Gasteiger partial charge in [-0.3, -0.25) is 4.79 Å². The van der Waals surface area contributed by atoms with Crippen LogP contribution < -0.4 is 5.32 Å². The molecule has 3 heteroatoms. The van der Waals surface area contributed by atoms with E-state index in [9.17, 15) is 4.79 Å². The van der Waals surface area contributed by atoms with Gasteiger partial charge in [0.1, 0.15) is 0 Å². The van der Waals surface area contributed by atoms with Gasteiger partial charge in [-0.05, 0) is 49.7 Å². The normalized spacial score (nSPS) is 25.6. The summed E-state index contributed by atoms with van der Waals surface area (Å²) in [7, 11) is 0. The lowest BCUT2D eigenvalue weighted by atomic mass is 9.74. The predicted molar refractivity (Wildman–Crippen MR) is 80.8 cm³/mol. The van der Waals surface area contributed by atoms with Gasteiger partial charge in [0.2, 0.25) is 5.91 Å². The maximum Gasteiger partial charge on any atom is 0.236 e. The average Bonchev–Trinajstić information content (AvgIpc) is 2.92. The highest BCUT2D eigenvalue weighted by molar-refractivity contribution is 5.78. The number of nitrogens with one attached hydrogen (secondary N) is 1. The summed E-state index contributed by atoms with van der Waals surface area (Å²) < 4.78 is 0. The van der Waals surface area contributed by atoms with Gasteiger partial charge in [0.05, 0.1) is 6.54 Å². The Balaban J connectivity index is 1.42. The minimum atomic E-state index is 0.279. The Hall–Kier alpha value is -1.35. The van der Waals surface area contributed by atoms with Crippen LogP contribution in [0.4, 0.5) is 0 Å². The van der Waals surface area contributed by atoms with Crippen molar-refractivity contribution in [2.24, 2.45) is 0 Å². The Morgan fingerprint density at radius 1 is 1.25 bits per heavy atom. The van der Waals surface area contributed by atoms with Crippen molar-refractivity contribution in [1.82, 2.24) is 10.2 Å². The number of carbonyl (C=O) groups is 1. The molecule has 1 aliphatic heterocycles. The van der Waals surface area contributed by atoms with Crippen molar-refractivity contribution < 1.29 is 4.79 Å². The zero-order chi connectivity index (χ0) is 13.9. The number of benzene rings is 1. The summed E-state index contributed by atoms with van der Waals surface area (Å²) in [6.45, 7) is 4.62. The summed E-state index contributed by atoms with van der Waals surface area (Å²) in [5.41, 5.74) is 2.88. The van der Waals surface area contributed by atoms with Gasteiger partial charge in [-0.15, -0.1) is 0 Å². The fourth-order valence-electron chi connectivity index (χ4n) is 3.39. The van der Waals surface area contributed by atoms with Crippen LogP contribution in [0.25, 0.3) is 0 Å². The smallest absolute Gasteiger partial charge is 0.236 e. The van der Waals surface area contributed by atoms with E-state index in [1.165, 1.54) is 24.0 Å². The molecular weight excluding hydrogens is 248 g/mol. The van der Waals surface area contributed by atoms with Crippen molar-refractivity contribution in [2.75, 3.05) is 19.6 Å². The first-order valence-corrected chi connectivity index (χ1v) is 7.80. The Morgan fingerprint density at radius 3 is 2.65 bits per heavy atom. The van der Waals surface area contributed by atoms with Crippen LogP contribution in [-0.4, -0.2) is 36.5 Å². The third-order valence-electron chi connectivity index (χ3n) is 4.77. The van der Waals surface area contributed by atoms with E-state index in [0.29, 0.717) is 18.5 Å². The number of likely N-dealkylation sites (tertiary alicyclic amines) is 1. The summed E-state index contributed by atoms with van der Waals surface area (Å²) in [5, 5.41) is 3.42. The average molecular weight is 272 g/mol. The minimum absolute atomic E-state index is 0.279. The van der Waals surface area contributed by atoms with Crippen LogP contribution in [0.5, 0.6) is 0 Å². The fraction of sp³-hybridized carbons (Fsp3) is 0.588. The molecule has 3 nitrogen and oxygen atoms in total. The molecule has 1 saturated heterocycles. The summed E-state index contributed by atoms with van der Waals surface area (Å²) in [4.78, 5) is 13.9. The SMILES string of the molecule is Cc1ccccc1C1CC(NCC(=O)N2CCCC2)C1. The van der Waals surface area contributed by atoms with Gasteiger partial charge in [-0.2, -0.15) is 0 Å². The molecule has 3 rings (SSSR count). The molecule has 0 aromatic heterocycles. The lowest BCUT2D eigenvalue weighted by molar-refractivity contribution is -0.129. The Labute approximate surface area is 121 Å². The van der Waals surface area contributed by atoms with Crippen molar-refractivity contribution in [3.05, 3.63) is 35.4 Å². The van der Waals surface area contributed by atoms with E-state index in [1.54, 1.807) is 0 Å². The van der Waals surface area contributed by atoms with E-state index in [1.807, 2.05) is 4.90 Å². The van der Waals surface area contributed by atoms with E-state index in [0.717, 1.165) is 25.9 Å². The van der Waals surface area contributed by atoms with Crippen molar-refractivity contribution in [2.45, 2.75) is 44.6 Å². The lowest BCUT2D eigenvalue weighted by Gasteiger charge is -2.37. The highest BCUT2D eigenvalue weighted by Crippen LogP contribution is 2.38. The maximum absolute atomic E-state index is 12.0. The summed E-state index contributed by atoms with van der Waals surface area (Å²) in [5.74, 6) is 0.956. The molecule has 2 fully saturated rings. The molecule has 1 aromatic carbocycles.